The van der Waals surface area contributed by atoms with Crippen molar-refractivity contribution < 1.29 is 23.1 Å². The van der Waals surface area contributed by atoms with Crippen molar-refractivity contribution in [3.8, 4) is 0 Å². The summed E-state index contributed by atoms with van der Waals surface area (Å²) in [5, 5.41) is 13.6. The highest BCUT2D eigenvalue weighted by Gasteiger charge is 2.38. The van der Waals surface area contributed by atoms with E-state index in [1.807, 2.05) is 5.32 Å². The highest BCUT2D eigenvalue weighted by atomic mass is 19.4. The van der Waals surface area contributed by atoms with Gasteiger partial charge in [-0.1, -0.05) is 12.1 Å². The maximum absolute atomic E-state index is 12.1. The van der Waals surface area contributed by atoms with Crippen molar-refractivity contribution in [2.45, 2.75) is 32.0 Å². The van der Waals surface area contributed by atoms with E-state index in [0.717, 1.165) is 31.4 Å². The lowest BCUT2D eigenvalue weighted by Crippen LogP contribution is -2.29. The number of nitrogens with one attached hydrogen (secondary N) is 2. The van der Waals surface area contributed by atoms with E-state index in [2.05, 4.69) is 5.32 Å². The highest BCUT2D eigenvalue weighted by molar-refractivity contribution is 5.94. The summed E-state index contributed by atoms with van der Waals surface area (Å²) in [5.74, 6) is -1.98. The number of carbonyl (C=O) groups excluding carboxylic acids is 1. The Morgan fingerprint density at radius 3 is 2.62 bits per heavy atom. The fourth-order valence-corrected chi connectivity index (χ4v) is 1.73. The van der Waals surface area contributed by atoms with Gasteiger partial charge in [-0.05, 0) is 43.5 Å². The van der Waals surface area contributed by atoms with E-state index >= 15 is 0 Å². The Bertz CT molecular complexity index is 450. The van der Waals surface area contributed by atoms with Gasteiger partial charge < -0.3 is 15.7 Å². The molecular weight excluding hydrogens is 285 g/mol. The van der Waals surface area contributed by atoms with E-state index in [-0.39, 0.29) is 12.3 Å². The van der Waals surface area contributed by atoms with Crippen molar-refractivity contribution in [2.24, 2.45) is 0 Å². The highest BCUT2D eigenvalue weighted by Crippen LogP contribution is 2.18. The summed E-state index contributed by atoms with van der Waals surface area (Å²) >= 11 is 0. The molecule has 7 heteroatoms. The molecule has 0 radical (unpaired) electrons. The number of anilines is 1. The summed E-state index contributed by atoms with van der Waals surface area (Å²) in [6.45, 7) is 1.45. The van der Waals surface area contributed by atoms with Gasteiger partial charge in [-0.2, -0.15) is 13.2 Å². The van der Waals surface area contributed by atoms with Crippen LogP contribution in [0.5, 0.6) is 0 Å². The van der Waals surface area contributed by atoms with Crippen LogP contribution in [-0.4, -0.2) is 30.3 Å². The lowest BCUT2D eigenvalue weighted by molar-refractivity contribution is -0.167. The first-order chi connectivity index (χ1) is 9.93. The SMILES string of the molecule is O=C(Nc1cccc(CNCCCCCO)c1)C(F)(F)F. The van der Waals surface area contributed by atoms with Crippen LogP contribution in [0.2, 0.25) is 0 Å². The fourth-order valence-electron chi connectivity index (χ4n) is 1.73. The summed E-state index contributed by atoms with van der Waals surface area (Å²) in [6.07, 6.45) is -2.28. The number of rotatable bonds is 8. The number of aliphatic hydroxyl groups excluding tert-OH is 1. The normalized spacial score (nSPS) is 11.4. The number of aliphatic hydroxyl groups is 1. The minimum atomic E-state index is -4.89. The zero-order valence-electron chi connectivity index (χ0n) is 11.5. The molecule has 1 aromatic rings. The van der Waals surface area contributed by atoms with Gasteiger partial charge in [-0.3, -0.25) is 4.79 Å². The number of hydrogen-bond acceptors (Lipinski definition) is 3. The largest absolute Gasteiger partial charge is 0.471 e. The number of amides is 1. The molecule has 0 aliphatic carbocycles. The number of benzene rings is 1. The number of unbranched alkanes of at least 4 members (excludes halogenated alkanes) is 2. The molecule has 0 bridgehead atoms. The molecule has 4 nitrogen and oxygen atoms in total. The molecule has 1 amide bonds. The Morgan fingerprint density at radius 2 is 1.95 bits per heavy atom. The van der Waals surface area contributed by atoms with Crippen molar-refractivity contribution >= 4 is 11.6 Å². The van der Waals surface area contributed by atoms with Gasteiger partial charge in [0.05, 0.1) is 0 Å². The van der Waals surface area contributed by atoms with Crippen molar-refractivity contribution in [2.75, 3.05) is 18.5 Å². The molecule has 0 saturated carbocycles. The predicted octanol–water partition coefficient (Wildman–Crippen LogP) is 2.44. The molecular formula is C14H19F3N2O2. The van der Waals surface area contributed by atoms with Gasteiger partial charge in [0.1, 0.15) is 0 Å². The molecule has 0 fully saturated rings. The summed E-state index contributed by atoms with van der Waals surface area (Å²) in [6, 6.07) is 6.28. The van der Waals surface area contributed by atoms with E-state index in [1.165, 1.54) is 12.1 Å². The van der Waals surface area contributed by atoms with Crippen LogP contribution in [0.15, 0.2) is 24.3 Å². The number of halogens is 3. The third kappa shape index (κ3) is 7.10. The standard InChI is InChI=1S/C14H19F3N2O2/c15-14(16,17)13(21)19-12-6-4-5-11(9-12)10-18-7-2-1-3-8-20/h4-6,9,18,20H,1-3,7-8,10H2,(H,19,21). The Labute approximate surface area is 121 Å². The third-order valence-electron chi connectivity index (χ3n) is 2.78. The van der Waals surface area contributed by atoms with Gasteiger partial charge in [0.15, 0.2) is 0 Å². The Balaban J connectivity index is 2.40. The van der Waals surface area contributed by atoms with Gasteiger partial charge in [-0.25, -0.2) is 0 Å². The molecule has 0 aliphatic rings. The van der Waals surface area contributed by atoms with Crippen LogP contribution in [0.4, 0.5) is 18.9 Å². The van der Waals surface area contributed by atoms with E-state index in [4.69, 9.17) is 5.11 Å². The summed E-state index contributed by atoms with van der Waals surface area (Å²) in [7, 11) is 0. The van der Waals surface area contributed by atoms with Crippen LogP contribution >= 0.6 is 0 Å². The third-order valence-corrected chi connectivity index (χ3v) is 2.78. The lowest BCUT2D eigenvalue weighted by atomic mass is 10.2. The van der Waals surface area contributed by atoms with Crippen molar-refractivity contribution in [3.63, 3.8) is 0 Å². The van der Waals surface area contributed by atoms with Crippen molar-refractivity contribution in [1.29, 1.82) is 0 Å². The second kappa shape index (κ2) is 8.63. The zero-order valence-corrected chi connectivity index (χ0v) is 11.5. The Kier molecular flexibility index (Phi) is 7.18. The van der Waals surface area contributed by atoms with Gasteiger partial charge in [0, 0.05) is 18.8 Å². The average molecular weight is 304 g/mol. The van der Waals surface area contributed by atoms with Crippen molar-refractivity contribution in [3.05, 3.63) is 29.8 Å². The van der Waals surface area contributed by atoms with E-state index < -0.39 is 12.1 Å². The molecule has 21 heavy (non-hydrogen) atoms. The van der Waals surface area contributed by atoms with Crippen LogP contribution in [0.3, 0.4) is 0 Å². The first-order valence-corrected chi connectivity index (χ1v) is 6.72. The summed E-state index contributed by atoms with van der Waals surface area (Å²) < 4.78 is 36.4. The molecule has 0 aliphatic heterocycles. The van der Waals surface area contributed by atoms with Crippen LogP contribution < -0.4 is 10.6 Å². The predicted molar refractivity (Wildman–Crippen MR) is 73.8 cm³/mol. The molecule has 1 aromatic carbocycles. The number of hydrogen-bond donors (Lipinski definition) is 3. The van der Waals surface area contributed by atoms with Crippen LogP contribution in [0.1, 0.15) is 24.8 Å². The quantitative estimate of drug-likeness (QED) is 0.647. The Morgan fingerprint density at radius 1 is 1.19 bits per heavy atom. The lowest BCUT2D eigenvalue weighted by Gasteiger charge is -2.10. The molecule has 0 spiro atoms. The van der Waals surface area contributed by atoms with Gasteiger partial charge >= 0.3 is 12.1 Å². The molecule has 1 rings (SSSR count). The second-order valence-electron chi connectivity index (χ2n) is 4.61. The zero-order chi connectivity index (χ0) is 15.7. The van der Waals surface area contributed by atoms with Gasteiger partial charge in [0.25, 0.3) is 0 Å². The first kappa shape index (κ1) is 17.5. The average Bonchev–Trinajstić information content (AvgIpc) is 2.42. The summed E-state index contributed by atoms with van der Waals surface area (Å²) in [5.41, 5.74) is 0.911. The fraction of sp³-hybridized carbons (Fsp3) is 0.500. The number of carbonyl (C=O) groups is 1. The number of alkyl halides is 3. The Hall–Kier alpha value is -1.60. The van der Waals surface area contributed by atoms with Crippen LogP contribution in [-0.2, 0) is 11.3 Å². The first-order valence-electron chi connectivity index (χ1n) is 6.72. The molecule has 0 saturated heterocycles. The topological polar surface area (TPSA) is 61.4 Å². The van der Waals surface area contributed by atoms with Gasteiger partial charge in [-0.15, -0.1) is 0 Å². The minimum absolute atomic E-state index is 0.122. The van der Waals surface area contributed by atoms with E-state index in [0.29, 0.717) is 6.54 Å². The molecule has 0 unspecified atom stereocenters. The summed E-state index contributed by atoms with van der Waals surface area (Å²) in [4.78, 5) is 10.8. The molecule has 3 N–H and O–H groups in total. The monoisotopic (exact) mass is 304 g/mol. The molecule has 118 valence electrons. The minimum Gasteiger partial charge on any atom is -0.396 e. The van der Waals surface area contributed by atoms with Gasteiger partial charge in [0.2, 0.25) is 0 Å². The molecule has 0 atom stereocenters. The van der Waals surface area contributed by atoms with E-state index in [9.17, 15) is 18.0 Å². The smallest absolute Gasteiger partial charge is 0.396 e. The molecule has 0 aromatic heterocycles. The maximum Gasteiger partial charge on any atom is 0.471 e. The van der Waals surface area contributed by atoms with Crippen molar-refractivity contribution in [1.82, 2.24) is 5.32 Å². The maximum atomic E-state index is 12.1. The van der Waals surface area contributed by atoms with Crippen LogP contribution in [0.25, 0.3) is 0 Å². The van der Waals surface area contributed by atoms with E-state index in [1.54, 1.807) is 12.1 Å². The second-order valence-corrected chi connectivity index (χ2v) is 4.61. The van der Waals surface area contributed by atoms with Crippen LogP contribution in [0, 0.1) is 0 Å². The molecule has 0 heterocycles.